The van der Waals surface area contributed by atoms with Gasteiger partial charge < -0.3 is 19.5 Å². The maximum absolute atomic E-state index is 11.9. The van der Waals surface area contributed by atoms with Crippen LogP contribution in [0.15, 0.2) is 24.5 Å². The molecule has 0 spiro atoms. The number of carbonyl (C=O) groups excluding carboxylic acids is 1. The van der Waals surface area contributed by atoms with E-state index >= 15 is 0 Å². The number of hydrogen-bond donors (Lipinski definition) is 1. The Bertz CT molecular complexity index is 968. The van der Waals surface area contributed by atoms with E-state index in [2.05, 4.69) is 33.0 Å². The van der Waals surface area contributed by atoms with Gasteiger partial charge in [-0.05, 0) is 31.5 Å². The molecule has 1 aliphatic heterocycles. The van der Waals surface area contributed by atoms with Gasteiger partial charge in [0.25, 0.3) is 0 Å². The number of fused-ring (bicyclic) bond motifs is 1. The Morgan fingerprint density at radius 3 is 2.74 bits per heavy atom. The molecule has 1 fully saturated rings. The van der Waals surface area contributed by atoms with E-state index < -0.39 is 0 Å². The number of hydrogen-bond acceptors (Lipinski definition) is 5. The Morgan fingerprint density at radius 2 is 2.07 bits per heavy atom. The number of amides is 1. The molecule has 0 radical (unpaired) electrons. The summed E-state index contributed by atoms with van der Waals surface area (Å²) in [6.45, 7) is 7.12. The minimum absolute atomic E-state index is 0.230. The SMILES string of the molecule is CCOC(=O)N1CCN(c2ccnc3[nH]c(-c4nn(C)cc4C)cc23)CC1. The van der Waals surface area contributed by atoms with Crippen LogP contribution < -0.4 is 4.90 Å². The summed E-state index contributed by atoms with van der Waals surface area (Å²) in [6.07, 6.45) is 3.59. The molecule has 1 saturated heterocycles. The number of carbonyl (C=O) groups is 1. The smallest absolute Gasteiger partial charge is 0.409 e. The number of rotatable bonds is 3. The number of H-pyrrole nitrogens is 1. The van der Waals surface area contributed by atoms with Crippen molar-refractivity contribution >= 4 is 22.8 Å². The third kappa shape index (κ3) is 3.22. The molecule has 0 aliphatic carbocycles. The molecule has 0 bridgehead atoms. The maximum Gasteiger partial charge on any atom is 0.409 e. The third-order valence-electron chi connectivity index (χ3n) is 4.92. The van der Waals surface area contributed by atoms with Gasteiger partial charge in [-0.3, -0.25) is 4.68 Å². The molecule has 142 valence electrons. The fourth-order valence-electron chi connectivity index (χ4n) is 3.63. The Hall–Kier alpha value is -3.03. The molecule has 4 heterocycles. The molecule has 4 rings (SSSR count). The van der Waals surface area contributed by atoms with Crippen LogP contribution in [0.2, 0.25) is 0 Å². The minimum atomic E-state index is -0.230. The van der Waals surface area contributed by atoms with E-state index in [1.807, 2.05) is 37.1 Å². The number of aromatic amines is 1. The van der Waals surface area contributed by atoms with Crippen LogP contribution >= 0.6 is 0 Å². The number of aromatic nitrogens is 4. The van der Waals surface area contributed by atoms with Crippen molar-refractivity contribution in [3.05, 3.63) is 30.1 Å². The lowest BCUT2D eigenvalue weighted by Gasteiger charge is -2.35. The Labute approximate surface area is 157 Å². The highest BCUT2D eigenvalue weighted by molar-refractivity contribution is 5.93. The summed E-state index contributed by atoms with van der Waals surface area (Å²) in [6, 6.07) is 4.15. The molecule has 8 nitrogen and oxygen atoms in total. The minimum Gasteiger partial charge on any atom is -0.450 e. The van der Waals surface area contributed by atoms with E-state index in [1.165, 1.54) is 0 Å². The number of aryl methyl sites for hydroxylation is 2. The quantitative estimate of drug-likeness (QED) is 0.769. The van der Waals surface area contributed by atoms with Gasteiger partial charge >= 0.3 is 6.09 Å². The molecular formula is C19H24N6O2. The van der Waals surface area contributed by atoms with Crippen LogP contribution in [-0.4, -0.2) is 63.5 Å². The van der Waals surface area contributed by atoms with Crippen molar-refractivity contribution < 1.29 is 9.53 Å². The lowest BCUT2D eigenvalue weighted by atomic mass is 10.2. The molecule has 0 unspecified atom stereocenters. The van der Waals surface area contributed by atoms with Crippen LogP contribution in [0.5, 0.6) is 0 Å². The number of piperazine rings is 1. The van der Waals surface area contributed by atoms with E-state index in [-0.39, 0.29) is 6.09 Å². The summed E-state index contributed by atoms with van der Waals surface area (Å²) < 4.78 is 6.92. The van der Waals surface area contributed by atoms with Crippen molar-refractivity contribution in [3.63, 3.8) is 0 Å². The number of nitrogens with zero attached hydrogens (tertiary/aromatic N) is 5. The molecule has 1 N–H and O–H groups in total. The van der Waals surface area contributed by atoms with Crippen molar-refractivity contribution in [2.45, 2.75) is 13.8 Å². The van der Waals surface area contributed by atoms with Crippen LogP contribution in [0.1, 0.15) is 12.5 Å². The summed E-state index contributed by atoms with van der Waals surface area (Å²) in [7, 11) is 1.92. The second-order valence-electron chi connectivity index (χ2n) is 6.78. The van der Waals surface area contributed by atoms with E-state index in [4.69, 9.17) is 4.74 Å². The fourth-order valence-corrected chi connectivity index (χ4v) is 3.63. The van der Waals surface area contributed by atoms with Crippen molar-refractivity contribution in [2.24, 2.45) is 7.05 Å². The summed E-state index contributed by atoms with van der Waals surface area (Å²) in [5.74, 6) is 0. The standard InChI is InChI=1S/C19H24N6O2/c1-4-27-19(26)25-9-7-24(8-10-25)16-5-6-20-18-14(16)11-15(21-18)17-13(2)12-23(3)22-17/h5-6,11-12H,4,7-10H2,1-3H3,(H,20,21). The van der Waals surface area contributed by atoms with Gasteiger partial charge in [0.2, 0.25) is 0 Å². The topological polar surface area (TPSA) is 79.3 Å². The molecule has 27 heavy (non-hydrogen) atoms. The first-order valence-electron chi connectivity index (χ1n) is 9.22. The first kappa shape index (κ1) is 17.4. The van der Waals surface area contributed by atoms with Crippen molar-refractivity contribution in [2.75, 3.05) is 37.7 Å². The summed E-state index contributed by atoms with van der Waals surface area (Å²) >= 11 is 0. The van der Waals surface area contributed by atoms with Gasteiger partial charge in [-0.25, -0.2) is 9.78 Å². The number of anilines is 1. The highest BCUT2D eigenvalue weighted by atomic mass is 16.6. The first-order chi connectivity index (χ1) is 13.1. The summed E-state index contributed by atoms with van der Waals surface area (Å²) in [4.78, 5) is 23.8. The summed E-state index contributed by atoms with van der Waals surface area (Å²) in [5, 5.41) is 5.62. The molecule has 3 aromatic heterocycles. The molecule has 0 saturated carbocycles. The van der Waals surface area contributed by atoms with Gasteiger partial charge in [-0.1, -0.05) is 0 Å². The van der Waals surface area contributed by atoms with Crippen LogP contribution in [0.3, 0.4) is 0 Å². The van der Waals surface area contributed by atoms with Gasteiger partial charge in [-0.2, -0.15) is 5.10 Å². The number of nitrogens with one attached hydrogen (secondary N) is 1. The third-order valence-corrected chi connectivity index (χ3v) is 4.92. The van der Waals surface area contributed by atoms with E-state index in [9.17, 15) is 4.79 Å². The predicted octanol–water partition coefficient (Wildman–Crippen LogP) is 2.55. The van der Waals surface area contributed by atoms with Crippen molar-refractivity contribution in [1.82, 2.24) is 24.6 Å². The summed E-state index contributed by atoms with van der Waals surface area (Å²) in [5.41, 5.74) is 5.00. The molecule has 0 atom stereocenters. The second-order valence-corrected chi connectivity index (χ2v) is 6.78. The van der Waals surface area contributed by atoms with Crippen molar-refractivity contribution in [1.29, 1.82) is 0 Å². The van der Waals surface area contributed by atoms with Crippen LogP contribution in [0, 0.1) is 6.92 Å². The molecular weight excluding hydrogens is 344 g/mol. The van der Waals surface area contributed by atoms with E-state index in [0.29, 0.717) is 19.7 Å². The van der Waals surface area contributed by atoms with Gasteiger partial charge in [0.15, 0.2) is 0 Å². The lowest BCUT2D eigenvalue weighted by Crippen LogP contribution is -2.49. The average molecular weight is 368 g/mol. The Balaban J connectivity index is 1.60. The highest BCUT2D eigenvalue weighted by Crippen LogP contribution is 2.31. The Morgan fingerprint density at radius 1 is 1.30 bits per heavy atom. The van der Waals surface area contributed by atoms with Gasteiger partial charge in [-0.15, -0.1) is 0 Å². The maximum atomic E-state index is 11.9. The lowest BCUT2D eigenvalue weighted by molar-refractivity contribution is 0.105. The molecule has 0 aromatic carbocycles. The highest BCUT2D eigenvalue weighted by Gasteiger charge is 2.23. The normalized spacial score (nSPS) is 14.8. The molecule has 1 amide bonds. The van der Waals surface area contributed by atoms with E-state index in [0.717, 1.165) is 46.8 Å². The molecule has 1 aliphatic rings. The average Bonchev–Trinajstić information content (AvgIpc) is 3.24. The zero-order chi connectivity index (χ0) is 19.0. The largest absolute Gasteiger partial charge is 0.450 e. The van der Waals surface area contributed by atoms with Crippen LogP contribution in [0.25, 0.3) is 22.4 Å². The second kappa shape index (κ2) is 6.94. The molecule has 8 heteroatoms. The molecule has 3 aromatic rings. The monoisotopic (exact) mass is 368 g/mol. The number of ether oxygens (including phenoxy) is 1. The van der Waals surface area contributed by atoms with Gasteiger partial charge in [0, 0.05) is 56.7 Å². The van der Waals surface area contributed by atoms with E-state index in [1.54, 1.807) is 4.90 Å². The van der Waals surface area contributed by atoms with Crippen LogP contribution in [0.4, 0.5) is 10.5 Å². The number of pyridine rings is 1. The Kier molecular flexibility index (Phi) is 4.47. The zero-order valence-corrected chi connectivity index (χ0v) is 15.9. The zero-order valence-electron chi connectivity index (χ0n) is 15.9. The van der Waals surface area contributed by atoms with Gasteiger partial charge in [0.05, 0.1) is 12.3 Å². The predicted molar refractivity (Wildman–Crippen MR) is 104 cm³/mol. The first-order valence-corrected chi connectivity index (χ1v) is 9.22. The van der Waals surface area contributed by atoms with Crippen molar-refractivity contribution in [3.8, 4) is 11.4 Å². The van der Waals surface area contributed by atoms with Gasteiger partial charge in [0.1, 0.15) is 11.3 Å². The van der Waals surface area contributed by atoms with Crippen LogP contribution in [-0.2, 0) is 11.8 Å². The fraction of sp³-hybridized carbons (Fsp3) is 0.421.